The van der Waals surface area contributed by atoms with E-state index in [1.165, 1.54) is 0 Å². The number of imidazole rings is 1. The first-order valence-electron chi connectivity index (χ1n) is 5.19. The lowest BCUT2D eigenvalue weighted by Crippen LogP contribution is -2.00. The number of carbonyl (C=O) groups excluding carboxylic acids is 1. The number of H-pyrrole nitrogens is 1. The molecule has 1 heterocycles. The number of benzene rings is 1. The lowest BCUT2D eigenvalue weighted by Gasteiger charge is -2.03. The molecule has 3 nitrogen and oxygen atoms in total. The number of ketones is 1. The molecule has 0 atom stereocenters. The fourth-order valence-electron chi connectivity index (χ4n) is 1.75. The van der Waals surface area contributed by atoms with Gasteiger partial charge in [-0.25, -0.2) is 4.98 Å². The molecule has 0 aliphatic carbocycles. The number of aryl methyl sites for hydroxylation is 1. The molecule has 1 aromatic carbocycles. The highest BCUT2D eigenvalue weighted by atomic mass is 16.1. The average molecular weight is 202 g/mol. The van der Waals surface area contributed by atoms with Gasteiger partial charge in [-0.15, -0.1) is 0 Å². The zero-order chi connectivity index (χ0) is 10.8. The molecular formula is C12H14N2O. The van der Waals surface area contributed by atoms with Crippen LogP contribution in [0.15, 0.2) is 18.5 Å². The summed E-state index contributed by atoms with van der Waals surface area (Å²) in [7, 11) is 0. The summed E-state index contributed by atoms with van der Waals surface area (Å²) < 4.78 is 0. The molecule has 0 aliphatic rings. The minimum Gasteiger partial charge on any atom is -0.345 e. The molecule has 0 aliphatic heterocycles. The van der Waals surface area contributed by atoms with Gasteiger partial charge in [-0.3, -0.25) is 4.79 Å². The van der Waals surface area contributed by atoms with Crippen molar-refractivity contribution in [3.05, 3.63) is 29.6 Å². The zero-order valence-electron chi connectivity index (χ0n) is 9.00. The molecule has 0 bridgehead atoms. The van der Waals surface area contributed by atoms with Crippen LogP contribution in [-0.2, 0) is 0 Å². The Bertz CT molecular complexity index is 499. The summed E-state index contributed by atoms with van der Waals surface area (Å²) >= 11 is 0. The van der Waals surface area contributed by atoms with Gasteiger partial charge in [0.05, 0.1) is 17.4 Å². The van der Waals surface area contributed by atoms with E-state index in [-0.39, 0.29) is 5.78 Å². The highest BCUT2D eigenvalue weighted by molar-refractivity contribution is 6.00. The fourth-order valence-corrected chi connectivity index (χ4v) is 1.75. The third-order valence-electron chi connectivity index (χ3n) is 2.54. The molecule has 2 rings (SSSR count). The van der Waals surface area contributed by atoms with Crippen molar-refractivity contribution >= 4 is 16.8 Å². The number of nitrogens with one attached hydrogen (secondary N) is 1. The number of carbonyl (C=O) groups is 1. The number of rotatable bonds is 3. The van der Waals surface area contributed by atoms with Crippen LogP contribution in [-0.4, -0.2) is 15.8 Å². The Labute approximate surface area is 88.5 Å². The van der Waals surface area contributed by atoms with Crippen LogP contribution < -0.4 is 0 Å². The third kappa shape index (κ3) is 1.77. The molecule has 0 radical (unpaired) electrons. The molecule has 1 aromatic heterocycles. The smallest absolute Gasteiger partial charge is 0.163 e. The second kappa shape index (κ2) is 3.85. The van der Waals surface area contributed by atoms with Crippen molar-refractivity contribution < 1.29 is 4.79 Å². The largest absolute Gasteiger partial charge is 0.345 e. The molecule has 0 fully saturated rings. The molecule has 0 amide bonds. The fraction of sp³-hybridized carbons (Fsp3) is 0.333. The molecule has 3 heteroatoms. The van der Waals surface area contributed by atoms with Crippen molar-refractivity contribution in [3.63, 3.8) is 0 Å². The van der Waals surface area contributed by atoms with E-state index in [1.54, 1.807) is 6.33 Å². The first-order valence-corrected chi connectivity index (χ1v) is 5.19. The predicted octanol–water partition coefficient (Wildman–Crippen LogP) is 2.85. The quantitative estimate of drug-likeness (QED) is 0.778. The van der Waals surface area contributed by atoms with E-state index in [1.807, 2.05) is 26.0 Å². The third-order valence-corrected chi connectivity index (χ3v) is 2.54. The molecule has 2 aromatic rings. The Balaban J connectivity index is 2.50. The van der Waals surface area contributed by atoms with Crippen LogP contribution in [0.4, 0.5) is 0 Å². The summed E-state index contributed by atoms with van der Waals surface area (Å²) in [6.45, 7) is 3.98. The van der Waals surface area contributed by atoms with Crippen molar-refractivity contribution in [1.82, 2.24) is 9.97 Å². The topological polar surface area (TPSA) is 45.8 Å². The van der Waals surface area contributed by atoms with Crippen molar-refractivity contribution in [2.24, 2.45) is 0 Å². The SMILES string of the molecule is CCCC(=O)c1cc2nc[nH]c2cc1C. The van der Waals surface area contributed by atoms with E-state index in [2.05, 4.69) is 9.97 Å². The van der Waals surface area contributed by atoms with Crippen LogP contribution in [0.5, 0.6) is 0 Å². The van der Waals surface area contributed by atoms with E-state index in [0.29, 0.717) is 6.42 Å². The number of nitrogens with zero attached hydrogens (tertiary/aromatic N) is 1. The standard InChI is InChI=1S/C12H14N2O/c1-3-4-12(15)9-6-11-10(5-8(9)2)13-7-14-11/h5-7H,3-4H2,1-2H3,(H,13,14). The van der Waals surface area contributed by atoms with Gasteiger partial charge in [-0.05, 0) is 31.0 Å². The Kier molecular flexibility index (Phi) is 2.54. The van der Waals surface area contributed by atoms with E-state index < -0.39 is 0 Å². The van der Waals surface area contributed by atoms with Gasteiger partial charge >= 0.3 is 0 Å². The average Bonchev–Trinajstić information content (AvgIpc) is 2.63. The van der Waals surface area contributed by atoms with Crippen LogP contribution in [0.2, 0.25) is 0 Å². The molecule has 0 saturated carbocycles. The minimum absolute atomic E-state index is 0.208. The number of hydrogen-bond donors (Lipinski definition) is 1. The maximum absolute atomic E-state index is 11.8. The van der Waals surface area contributed by atoms with Gasteiger partial charge < -0.3 is 4.98 Å². The summed E-state index contributed by atoms with van der Waals surface area (Å²) in [4.78, 5) is 19.0. The normalized spacial score (nSPS) is 10.8. The maximum Gasteiger partial charge on any atom is 0.163 e. The van der Waals surface area contributed by atoms with Gasteiger partial charge in [0.15, 0.2) is 5.78 Å². The summed E-state index contributed by atoms with van der Waals surface area (Å²) in [5.74, 6) is 0.208. The molecule has 15 heavy (non-hydrogen) atoms. The zero-order valence-corrected chi connectivity index (χ0v) is 9.00. The number of aromatic nitrogens is 2. The van der Waals surface area contributed by atoms with Crippen molar-refractivity contribution in [2.75, 3.05) is 0 Å². The predicted molar refractivity (Wildman–Crippen MR) is 60.1 cm³/mol. The Morgan fingerprint density at radius 2 is 2.27 bits per heavy atom. The molecule has 78 valence electrons. The monoisotopic (exact) mass is 202 g/mol. The minimum atomic E-state index is 0.208. The number of hydrogen-bond acceptors (Lipinski definition) is 2. The Hall–Kier alpha value is -1.64. The molecule has 0 unspecified atom stereocenters. The second-order valence-corrected chi connectivity index (χ2v) is 3.76. The van der Waals surface area contributed by atoms with Gasteiger partial charge in [0.1, 0.15) is 0 Å². The first kappa shape index (κ1) is 9.90. The number of aromatic amines is 1. The number of fused-ring (bicyclic) bond motifs is 1. The van der Waals surface area contributed by atoms with Gasteiger partial charge in [0.2, 0.25) is 0 Å². The van der Waals surface area contributed by atoms with Crippen LogP contribution in [0.1, 0.15) is 35.7 Å². The van der Waals surface area contributed by atoms with Gasteiger partial charge in [-0.1, -0.05) is 6.92 Å². The highest BCUT2D eigenvalue weighted by Gasteiger charge is 2.10. The van der Waals surface area contributed by atoms with E-state index in [4.69, 9.17) is 0 Å². The van der Waals surface area contributed by atoms with Crippen molar-refractivity contribution in [2.45, 2.75) is 26.7 Å². The van der Waals surface area contributed by atoms with E-state index in [0.717, 1.165) is 28.6 Å². The summed E-state index contributed by atoms with van der Waals surface area (Å²) in [6, 6.07) is 3.85. The van der Waals surface area contributed by atoms with Gasteiger partial charge in [0.25, 0.3) is 0 Å². The maximum atomic E-state index is 11.8. The highest BCUT2D eigenvalue weighted by Crippen LogP contribution is 2.18. The first-order chi connectivity index (χ1) is 7.22. The van der Waals surface area contributed by atoms with E-state index in [9.17, 15) is 4.79 Å². The van der Waals surface area contributed by atoms with Crippen LogP contribution >= 0.6 is 0 Å². The van der Waals surface area contributed by atoms with Gasteiger partial charge in [0, 0.05) is 12.0 Å². The van der Waals surface area contributed by atoms with E-state index >= 15 is 0 Å². The Morgan fingerprint density at radius 1 is 1.47 bits per heavy atom. The molecule has 1 N–H and O–H groups in total. The van der Waals surface area contributed by atoms with Crippen molar-refractivity contribution in [1.29, 1.82) is 0 Å². The molecule has 0 spiro atoms. The molecule has 0 saturated heterocycles. The van der Waals surface area contributed by atoms with Crippen LogP contribution in [0, 0.1) is 6.92 Å². The Morgan fingerprint density at radius 3 is 3.00 bits per heavy atom. The lowest BCUT2D eigenvalue weighted by molar-refractivity contribution is 0.0981. The summed E-state index contributed by atoms with van der Waals surface area (Å²) in [5.41, 5.74) is 3.67. The summed E-state index contributed by atoms with van der Waals surface area (Å²) in [6.07, 6.45) is 3.14. The van der Waals surface area contributed by atoms with Crippen molar-refractivity contribution in [3.8, 4) is 0 Å². The lowest BCUT2D eigenvalue weighted by atomic mass is 10.0. The second-order valence-electron chi connectivity index (χ2n) is 3.76. The summed E-state index contributed by atoms with van der Waals surface area (Å²) in [5, 5.41) is 0. The van der Waals surface area contributed by atoms with Gasteiger partial charge in [-0.2, -0.15) is 0 Å². The van der Waals surface area contributed by atoms with Crippen LogP contribution in [0.3, 0.4) is 0 Å². The van der Waals surface area contributed by atoms with Crippen LogP contribution in [0.25, 0.3) is 11.0 Å². The molecular weight excluding hydrogens is 188 g/mol. The number of Topliss-reactive ketones (excluding diaryl/α,β-unsaturated/α-hetero) is 1.